The Morgan fingerprint density at radius 1 is 1.17 bits per heavy atom. The van der Waals surface area contributed by atoms with Gasteiger partial charge in [-0.1, -0.05) is 0 Å². The van der Waals surface area contributed by atoms with Crippen LogP contribution in [0.15, 0.2) is 4.99 Å². The van der Waals surface area contributed by atoms with Crippen LogP contribution in [-0.4, -0.2) is 36.0 Å². The van der Waals surface area contributed by atoms with E-state index in [4.69, 9.17) is 0 Å². The van der Waals surface area contributed by atoms with Crippen molar-refractivity contribution in [3.8, 4) is 0 Å². The Labute approximate surface area is 74.9 Å². The van der Waals surface area contributed by atoms with Crippen LogP contribution >= 0.6 is 0 Å². The number of hydrogen-bond donors (Lipinski definition) is 1. The van der Waals surface area contributed by atoms with Crippen LogP contribution in [0.4, 0.5) is 0 Å². The van der Waals surface area contributed by atoms with Gasteiger partial charge in [-0.3, -0.25) is 0 Å². The highest BCUT2D eigenvalue weighted by molar-refractivity contribution is 5.83. The average molecular weight is 169 g/mol. The van der Waals surface area contributed by atoms with Crippen LogP contribution in [0.25, 0.3) is 0 Å². The van der Waals surface area contributed by atoms with Crippen LogP contribution in [0.2, 0.25) is 0 Å². The van der Waals surface area contributed by atoms with Crippen molar-refractivity contribution in [3.05, 3.63) is 0 Å². The summed E-state index contributed by atoms with van der Waals surface area (Å²) < 4.78 is 0. The zero-order chi connectivity index (χ0) is 9.57. The maximum absolute atomic E-state index is 4.60. The molecule has 70 valence electrons. The fraction of sp³-hybridized carbons (Fsp3) is 0.889. The third-order valence-electron chi connectivity index (χ3n) is 2.76. The summed E-state index contributed by atoms with van der Waals surface area (Å²) in [6.45, 7) is 8.65. The van der Waals surface area contributed by atoms with Gasteiger partial charge in [0.25, 0.3) is 0 Å². The number of hydrogen-bond acceptors (Lipinski definition) is 3. The standard InChI is InChI=1S/C9H19N3/c1-8(2)9(3,4)11-7(10-8)12(5)6/h1-6H3,(H,10,11). The van der Waals surface area contributed by atoms with Crippen LogP contribution in [0.1, 0.15) is 27.7 Å². The lowest BCUT2D eigenvalue weighted by atomic mass is 9.85. The highest BCUT2D eigenvalue weighted by atomic mass is 15.3. The Kier molecular flexibility index (Phi) is 1.85. The Morgan fingerprint density at radius 3 is 1.83 bits per heavy atom. The molecular weight excluding hydrogens is 150 g/mol. The van der Waals surface area contributed by atoms with E-state index in [-0.39, 0.29) is 11.1 Å². The van der Waals surface area contributed by atoms with Crippen molar-refractivity contribution in [1.82, 2.24) is 10.2 Å². The quantitative estimate of drug-likeness (QED) is 0.587. The summed E-state index contributed by atoms with van der Waals surface area (Å²) in [7, 11) is 4.01. The molecule has 1 aliphatic rings. The van der Waals surface area contributed by atoms with Gasteiger partial charge in [0.05, 0.1) is 11.1 Å². The predicted octanol–water partition coefficient (Wildman–Crippen LogP) is 1.06. The molecule has 0 aromatic rings. The Hall–Kier alpha value is -0.730. The third-order valence-corrected chi connectivity index (χ3v) is 2.76. The van der Waals surface area contributed by atoms with Crippen molar-refractivity contribution in [3.63, 3.8) is 0 Å². The van der Waals surface area contributed by atoms with Crippen molar-refractivity contribution in [2.75, 3.05) is 14.1 Å². The highest BCUT2D eigenvalue weighted by Crippen LogP contribution is 2.29. The van der Waals surface area contributed by atoms with Gasteiger partial charge >= 0.3 is 0 Å². The molecule has 3 heteroatoms. The molecule has 0 saturated carbocycles. The summed E-state index contributed by atoms with van der Waals surface area (Å²) in [5.74, 6) is 0.977. The van der Waals surface area contributed by atoms with Crippen LogP contribution in [0.3, 0.4) is 0 Å². The van der Waals surface area contributed by atoms with Gasteiger partial charge in [0.15, 0.2) is 5.96 Å². The van der Waals surface area contributed by atoms with Crippen molar-refractivity contribution in [2.45, 2.75) is 38.8 Å². The van der Waals surface area contributed by atoms with Crippen LogP contribution in [0, 0.1) is 0 Å². The molecule has 0 amide bonds. The molecule has 0 spiro atoms. The van der Waals surface area contributed by atoms with E-state index >= 15 is 0 Å². The van der Waals surface area contributed by atoms with Gasteiger partial charge in [-0.15, -0.1) is 0 Å². The second kappa shape index (κ2) is 2.38. The minimum atomic E-state index is -0.0212. The van der Waals surface area contributed by atoms with E-state index in [0.717, 1.165) is 5.96 Å². The fourth-order valence-corrected chi connectivity index (χ4v) is 1.08. The Balaban J connectivity index is 2.90. The number of nitrogens with zero attached hydrogens (tertiary/aromatic N) is 2. The van der Waals surface area contributed by atoms with Crippen molar-refractivity contribution >= 4 is 5.96 Å². The first-order valence-electron chi connectivity index (χ1n) is 4.32. The SMILES string of the molecule is CN(C)C1=NC(C)(C)C(C)(C)N1. The van der Waals surface area contributed by atoms with Crippen molar-refractivity contribution < 1.29 is 0 Å². The summed E-state index contributed by atoms with van der Waals surface area (Å²) in [6.07, 6.45) is 0. The molecule has 12 heavy (non-hydrogen) atoms. The molecule has 1 rings (SSSR count). The molecule has 1 N–H and O–H groups in total. The maximum Gasteiger partial charge on any atom is 0.194 e. The molecule has 1 heterocycles. The second-order valence-electron chi connectivity index (χ2n) is 4.64. The summed E-state index contributed by atoms with van der Waals surface area (Å²) in [6, 6.07) is 0. The van der Waals surface area contributed by atoms with Crippen LogP contribution in [0.5, 0.6) is 0 Å². The molecule has 0 saturated heterocycles. The number of nitrogens with one attached hydrogen (secondary N) is 1. The topological polar surface area (TPSA) is 27.6 Å². The summed E-state index contributed by atoms with van der Waals surface area (Å²) in [4.78, 5) is 6.61. The summed E-state index contributed by atoms with van der Waals surface area (Å²) in [5.41, 5.74) is 0.0270. The van der Waals surface area contributed by atoms with Crippen LogP contribution < -0.4 is 5.32 Å². The van der Waals surface area contributed by atoms with Gasteiger partial charge in [0.1, 0.15) is 0 Å². The number of aliphatic imine (C=N–C) groups is 1. The molecule has 0 unspecified atom stereocenters. The zero-order valence-electron chi connectivity index (χ0n) is 8.89. The van der Waals surface area contributed by atoms with Crippen molar-refractivity contribution in [1.29, 1.82) is 0 Å². The molecule has 1 aliphatic heterocycles. The lowest BCUT2D eigenvalue weighted by Gasteiger charge is -2.32. The zero-order valence-corrected chi connectivity index (χ0v) is 8.89. The fourth-order valence-electron chi connectivity index (χ4n) is 1.08. The van der Waals surface area contributed by atoms with Crippen molar-refractivity contribution in [2.24, 2.45) is 4.99 Å². The third kappa shape index (κ3) is 1.28. The lowest BCUT2D eigenvalue weighted by Crippen LogP contribution is -2.51. The van der Waals surface area contributed by atoms with E-state index < -0.39 is 0 Å². The molecule has 0 atom stereocenters. The molecule has 3 nitrogen and oxygen atoms in total. The second-order valence-corrected chi connectivity index (χ2v) is 4.64. The smallest absolute Gasteiger partial charge is 0.194 e. The van der Waals surface area contributed by atoms with Gasteiger partial charge in [-0.2, -0.15) is 0 Å². The van der Waals surface area contributed by atoms with Gasteiger partial charge in [-0.25, -0.2) is 4.99 Å². The summed E-state index contributed by atoms with van der Waals surface area (Å²) in [5, 5.41) is 3.40. The van der Waals surface area contributed by atoms with Gasteiger partial charge in [-0.05, 0) is 27.7 Å². The molecule has 0 aliphatic carbocycles. The van der Waals surface area contributed by atoms with Gasteiger partial charge in [0, 0.05) is 14.1 Å². The average Bonchev–Trinajstić information content (AvgIpc) is 2.03. The molecule has 0 radical (unpaired) electrons. The molecule has 0 aromatic carbocycles. The first kappa shape index (κ1) is 9.36. The van der Waals surface area contributed by atoms with Crippen LogP contribution in [-0.2, 0) is 0 Å². The first-order valence-corrected chi connectivity index (χ1v) is 4.32. The predicted molar refractivity (Wildman–Crippen MR) is 52.4 cm³/mol. The Morgan fingerprint density at radius 2 is 1.67 bits per heavy atom. The first-order chi connectivity index (χ1) is 5.26. The van der Waals surface area contributed by atoms with E-state index in [1.54, 1.807) is 0 Å². The maximum atomic E-state index is 4.60. The monoisotopic (exact) mass is 169 g/mol. The van der Waals surface area contributed by atoms with E-state index in [2.05, 4.69) is 38.0 Å². The molecular formula is C9H19N3. The normalized spacial score (nSPS) is 24.7. The van der Waals surface area contributed by atoms with E-state index in [9.17, 15) is 0 Å². The Bertz CT molecular complexity index is 214. The largest absolute Gasteiger partial charge is 0.349 e. The highest BCUT2D eigenvalue weighted by Gasteiger charge is 2.43. The van der Waals surface area contributed by atoms with Gasteiger partial charge in [0.2, 0.25) is 0 Å². The molecule has 0 bridgehead atoms. The lowest BCUT2D eigenvalue weighted by molar-refractivity contribution is 0.308. The van der Waals surface area contributed by atoms with E-state index in [1.807, 2.05) is 19.0 Å². The minimum Gasteiger partial charge on any atom is -0.349 e. The van der Waals surface area contributed by atoms with E-state index in [1.165, 1.54) is 0 Å². The number of rotatable bonds is 0. The molecule has 0 aromatic heterocycles. The van der Waals surface area contributed by atoms with Gasteiger partial charge < -0.3 is 10.2 Å². The minimum absolute atomic E-state index is 0.0212. The summed E-state index contributed by atoms with van der Waals surface area (Å²) >= 11 is 0. The number of guanidine groups is 1. The van der Waals surface area contributed by atoms with E-state index in [0.29, 0.717) is 0 Å². The molecule has 0 fully saturated rings.